The molecule has 0 spiro atoms. The van der Waals surface area contributed by atoms with Crippen molar-refractivity contribution in [1.29, 1.82) is 0 Å². The van der Waals surface area contributed by atoms with Gasteiger partial charge < -0.3 is 10.6 Å². The van der Waals surface area contributed by atoms with Crippen LogP contribution >= 0.6 is 11.3 Å². The van der Waals surface area contributed by atoms with Crippen LogP contribution in [0.3, 0.4) is 0 Å². The molecule has 0 bridgehead atoms. The van der Waals surface area contributed by atoms with E-state index in [4.69, 9.17) is 0 Å². The van der Waals surface area contributed by atoms with Crippen LogP contribution in [0.1, 0.15) is 31.2 Å². The van der Waals surface area contributed by atoms with Gasteiger partial charge in [-0.15, -0.1) is 11.3 Å². The zero-order valence-corrected chi connectivity index (χ0v) is 14.0. The maximum Gasteiger partial charge on any atom is 0.222 e. The van der Waals surface area contributed by atoms with E-state index < -0.39 is 9.84 Å². The lowest BCUT2D eigenvalue weighted by atomic mass is 10.0. The first-order valence-electron chi connectivity index (χ1n) is 7.14. The summed E-state index contributed by atoms with van der Waals surface area (Å²) in [6.07, 6.45) is 0.202. The molecule has 2 heterocycles. The van der Waals surface area contributed by atoms with Crippen molar-refractivity contribution >= 4 is 27.1 Å². The second-order valence-corrected chi connectivity index (χ2v) is 8.98. The summed E-state index contributed by atoms with van der Waals surface area (Å²) in [6.45, 7) is 4.56. The van der Waals surface area contributed by atoms with Crippen LogP contribution in [0, 0.1) is 5.92 Å². The average Bonchev–Trinajstić information content (AvgIpc) is 2.87. The molecule has 118 valence electrons. The third-order valence-corrected chi connectivity index (χ3v) is 6.26. The molecule has 2 atom stereocenters. The van der Waals surface area contributed by atoms with Crippen molar-refractivity contribution < 1.29 is 13.2 Å². The molecule has 1 aliphatic rings. The molecule has 1 saturated heterocycles. The van der Waals surface area contributed by atoms with E-state index >= 15 is 0 Å². The minimum atomic E-state index is -3.01. The van der Waals surface area contributed by atoms with Gasteiger partial charge in [0, 0.05) is 23.9 Å². The normalized spacial score (nSPS) is 22.9. The van der Waals surface area contributed by atoms with E-state index in [2.05, 4.69) is 24.5 Å². The lowest BCUT2D eigenvalue weighted by molar-refractivity contribution is -0.122. The predicted octanol–water partition coefficient (Wildman–Crippen LogP) is 1.34. The van der Waals surface area contributed by atoms with Crippen molar-refractivity contribution in [1.82, 2.24) is 10.6 Å². The molecule has 2 rings (SSSR count). The van der Waals surface area contributed by atoms with Crippen molar-refractivity contribution in [3.63, 3.8) is 0 Å². The Morgan fingerprint density at radius 1 is 1.52 bits per heavy atom. The molecule has 1 fully saturated rings. The highest BCUT2D eigenvalue weighted by atomic mass is 32.2. The number of hydrogen-bond acceptors (Lipinski definition) is 5. The highest BCUT2D eigenvalue weighted by Gasteiger charge is 2.27. The molecule has 2 N–H and O–H groups in total. The minimum Gasteiger partial charge on any atom is -0.348 e. The standard InChI is InChI=1S/C14H22N2O3S2/c1-10(2)14(12-4-3-6-20-12)16-13(17)8-11-9-21(18,19)7-5-15-11/h3-4,6,10-11,14-15H,5,7-9H2,1-2H3,(H,16,17). The second-order valence-electron chi connectivity index (χ2n) is 5.77. The number of nitrogens with one attached hydrogen (secondary N) is 2. The van der Waals surface area contributed by atoms with E-state index in [1.807, 2.05) is 17.5 Å². The molecule has 2 unspecified atom stereocenters. The number of amides is 1. The fourth-order valence-electron chi connectivity index (χ4n) is 2.49. The fourth-order valence-corrected chi connectivity index (χ4v) is 4.88. The number of hydrogen-bond donors (Lipinski definition) is 2. The zero-order valence-electron chi connectivity index (χ0n) is 12.3. The molecule has 0 saturated carbocycles. The first-order valence-corrected chi connectivity index (χ1v) is 9.84. The molecule has 1 aromatic heterocycles. The molecule has 5 nitrogen and oxygen atoms in total. The SMILES string of the molecule is CC(C)C(NC(=O)CC1CS(=O)(=O)CCN1)c1cccs1. The Bertz CT molecular complexity index is 567. The summed E-state index contributed by atoms with van der Waals surface area (Å²) in [5, 5.41) is 8.13. The quantitative estimate of drug-likeness (QED) is 0.854. The van der Waals surface area contributed by atoms with Gasteiger partial charge in [-0.3, -0.25) is 4.79 Å². The molecule has 21 heavy (non-hydrogen) atoms. The number of thiophene rings is 1. The Kier molecular flexibility index (Phi) is 5.40. The Morgan fingerprint density at radius 3 is 2.86 bits per heavy atom. The van der Waals surface area contributed by atoms with Crippen molar-refractivity contribution in [2.75, 3.05) is 18.1 Å². The van der Waals surface area contributed by atoms with Crippen LogP contribution in [0.4, 0.5) is 0 Å². The first kappa shape index (κ1) is 16.5. The minimum absolute atomic E-state index is 0.0160. The van der Waals surface area contributed by atoms with E-state index in [-0.39, 0.29) is 41.8 Å². The Morgan fingerprint density at radius 2 is 2.29 bits per heavy atom. The van der Waals surface area contributed by atoms with E-state index in [0.717, 1.165) is 4.88 Å². The molecule has 0 aromatic carbocycles. The Labute approximate surface area is 130 Å². The zero-order chi connectivity index (χ0) is 15.5. The molecule has 1 aromatic rings. The van der Waals surface area contributed by atoms with Crippen LogP contribution in [0.25, 0.3) is 0 Å². The lowest BCUT2D eigenvalue weighted by Crippen LogP contribution is -2.47. The van der Waals surface area contributed by atoms with Crippen LogP contribution in [0.5, 0.6) is 0 Å². The van der Waals surface area contributed by atoms with Gasteiger partial charge >= 0.3 is 0 Å². The van der Waals surface area contributed by atoms with Crippen LogP contribution in [0.15, 0.2) is 17.5 Å². The van der Waals surface area contributed by atoms with E-state index in [1.165, 1.54) is 0 Å². The highest BCUT2D eigenvalue weighted by molar-refractivity contribution is 7.91. The summed E-state index contributed by atoms with van der Waals surface area (Å²) in [5.41, 5.74) is 0. The van der Waals surface area contributed by atoms with Crippen molar-refractivity contribution in [2.45, 2.75) is 32.4 Å². The third-order valence-electron chi connectivity index (χ3n) is 3.57. The Balaban J connectivity index is 1.94. The maximum absolute atomic E-state index is 12.2. The highest BCUT2D eigenvalue weighted by Crippen LogP contribution is 2.25. The van der Waals surface area contributed by atoms with E-state index in [9.17, 15) is 13.2 Å². The molecule has 1 amide bonds. The fraction of sp³-hybridized carbons (Fsp3) is 0.643. The van der Waals surface area contributed by atoms with E-state index in [1.54, 1.807) is 11.3 Å². The first-order chi connectivity index (χ1) is 9.87. The number of carbonyl (C=O) groups is 1. The number of carbonyl (C=O) groups excluding carboxylic acids is 1. The smallest absolute Gasteiger partial charge is 0.222 e. The summed E-state index contributed by atoms with van der Waals surface area (Å²) in [4.78, 5) is 13.3. The molecule has 7 heteroatoms. The topological polar surface area (TPSA) is 75.3 Å². The van der Waals surface area contributed by atoms with Gasteiger partial charge in [0.2, 0.25) is 5.91 Å². The second kappa shape index (κ2) is 6.89. The summed E-state index contributed by atoms with van der Waals surface area (Å²) < 4.78 is 23.2. The number of rotatable bonds is 5. The summed E-state index contributed by atoms with van der Waals surface area (Å²) in [5.74, 6) is 0.396. The predicted molar refractivity (Wildman–Crippen MR) is 85.1 cm³/mol. The number of sulfone groups is 1. The molecular formula is C14H22N2O3S2. The summed E-state index contributed by atoms with van der Waals surface area (Å²) >= 11 is 1.62. The summed E-state index contributed by atoms with van der Waals surface area (Å²) in [7, 11) is -3.01. The van der Waals surface area contributed by atoms with Crippen molar-refractivity contribution in [3.05, 3.63) is 22.4 Å². The third kappa shape index (κ3) is 4.79. The van der Waals surface area contributed by atoms with Gasteiger partial charge in [-0.2, -0.15) is 0 Å². The van der Waals surface area contributed by atoms with Crippen LogP contribution < -0.4 is 10.6 Å². The molecular weight excluding hydrogens is 308 g/mol. The molecule has 0 radical (unpaired) electrons. The van der Waals surface area contributed by atoms with Gasteiger partial charge in [-0.05, 0) is 17.4 Å². The van der Waals surface area contributed by atoms with Gasteiger partial charge in [0.05, 0.1) is 17.5 Å². The average molecular weight is 330 g/mol. The maximum atomic E-state index is 12.2. The van der Waals surface area contributed by atoms with Crippen molar-refractivity contribution in [2.24, 2.45) is 5.92 Å². The largest absolute Gasteiger partial charge is 0.348 e. The van der Waals surface area contributed by atoms with Gasteiger partial charge in [-0.1, -0.05) is 19.9 Å². The van der Waals surface area contributed by atoms with Gasteiger partial charge in [0.25, 0.3) is 0 Å². The van der Waals surface area contributed by atoms with Gasteiger partial charge in [-0.25, -0.2) is 8.42 Å². The molecule has 0 aliphatic carbocycles. The monoisotopic (exact) mass is 330 g/mol. The van der Waals surface area contributed by atoms with E-state index in [0.29, 0.717) is 6.54 Å². The van der Waals surface area contributed by atoms with Gasteiger partial charge in [0.15, 0.2) is 9.84 Å². The van der Waals surface area contributed by atoms with Crippen LogP contribution in [0.2, 0.25) is 0 Å². The Hall–Kier alpha value is -0.920. The summed E-state index contributed by atoms with van der Waals surface area (Å²) in [6, 6.07) is 3.69. The lowest BCUT2D eigenvalue weighted by Gasteiger charge is -2.25. The van der Waals surface area contributed by atoms with Crippen LogP contribution in [-0.2, 0) is 14.6 Å². The van der Waals surface area contributed by atoms with Gasteiger partial charge in [0.1, 0.15) is 0 Å². The molecule has 1 aliphatic heterocycles. The van der Waals surface area contributed by atoms with Crippen molar-refractivity contribution in [3.8, 4) is 0 Å². The van der Waals surface area contributed by atoms with Crippen LogP contribution in [-0.4, -0.2) is 38.4 Å².